The lowest BCUT2D eigenvalue weighted by atomic mass is 9.93. The van der Waals surface area contributed by atoms with Crippen LogP contribution in [0.3, 0.4) is 0 Å². The Hall–Kier alpha value is -1.35. The standard InChI is InChI=1S/C15H20ClN3/c1-2-14-17-15(19-18-14)13(10-6-7-11-16)12-8-4-3-5-9-12/h3-5,8-9,13H,2,6-7,10-11H2,1H3,(H,17,18,19). The van der Waals surface area contributed by atoms with E-state index in [2.05, 4.69) is 46.4 Å². The van der Waals surface area contributed by atoms with E-state index < -0.39 is 0 Å². The Morgan fingerprint density at radius 1 is 1.21 bits per heavy atom. The van der Waals surface area contributed by atoms with E-state index in [1.54, 1.807) is 0 Å². The third-order valence-electron chi connectivity index (χ3n) is 3.27. The van der Waals surface area contributed by atoms with Crippen LogP contribution in [0, 0.1) is 0 Å². The number of nitrogens with zero attached hydrogens (tertiary/aromatic N) is 2. The molecular weight excluding hydrogens is 258 g/mol. The average Bonchev–Trinajstić information content (AvgIpc) is 2.93. The highest BCUT2D eigenvalue weighted by molar-refractivity contribution is 6.17. The summed E-state index contributed by atoms with van der Waals surface area (Å²) in [4.78, 5) is 4.58. The zero-order valence-corrected chi connectivity index (χ0v) is 12.0. The van der Waals surface area contributed by atoms with E-state index in [0.717, 1.165) is 43.2 Å². The first-order chi connectivity index (χ1) is 9.35. The van der Waals surface area contributed by atoms with Crippen molar-refractivity contribution in [1.82, 2.24) is 15.2 Å². The normalized spacial score (nSPS) is 12.5. The van der Waals surface area contributed by atoms with Crippen molar-refractivity contribution < 1.29 is 0 Å². The van der Waals surface area contributed by atoms with Crippen LogP contribution in [0.15, 0.2) is 30.3 Å². The van der Waals surface area contributed by atoms with Crippen LogP contribution >= 0.6 is 11.6 Å². The maximum Gasteiger partial charge on any atom is 0.158 e. The second-order valence-electron chi connectivity index (χ2n) is 4.64. The second-order valence-corrected chi connectivity index (χ2v) is 5.02. The minimum absolute atomic E-state index is 0.265. The number of H-pyrrole nitrogens is 1. The Morgan fingerprint density at radius 3 is 2.63 bits per heavy atom. The molecule has 102 valence electrons. The average molecular weight is 278 g/mol. The molecule has 1 aromatic carbocycles. The third-order valence-corrected chi connectivity index (χ3v) is 3.54. The summed E-state index contributed by atoms with van der Waals surface area (Å²) in [5, 5.41) is 7.38. The Balaban J connectivity index is 2.18. The summed E-state index contributed by atoms with van der Waals surface area (Å²) in [6, 6.07) is 10.5. The summed E-state index contributed by atoms with van der Waals surface area (Å²) >= 11 is 5.77. The summed E-state index contributed by atoms with van der Waals surface area (Å²) in [6.45, 7) is 2.08. The molecule has 0 amide bonds. The van der Waals surface area contributed by atoms with Crippen LogP contribution in [0.25, 0.3) is 0 Å². The number of rotatable bonds is 7. The van der Waals surface area contributed by atoms with E-state index >= 15 is 0 Å². The first-order valence-electron chi connectivity index (χ1n) is 6.87. The molecule has 1 atom stereocenters. The number of hydrogen-bond donors (Lipinski definition) is 1. The van der Waals surface area contributed by atoms with Crippen LogP contribution in [-0.4, -0.2) is 21.1 Å². The number of benzene rings is 1. The fourth-order valence-electron chi connectivity index (χ4n) is 2.20. The Morgan fingerprint density at radius 2 is 2.00 bits per heavy atom. The van der Waals surface area contributed by atoms with Gasteiger partial charge in [0.25, 0.3) is 0 Å². The zero-order chi connectivity index (χ0) is 13.5. The van der Waals surface area contributed by atoms with E-state index in [4.69, 9.17) is 11.6 Å². The van der Waals surface area contributed by atoms with Crippen molar-refractivity contribution in [1.29, 1.82) is 0 Å². The predicted octanol–water partition coefficient (Wildman–Crippen LogP) is 3.91. The Labute approximate surface area is 119 Å². The topological polar surface area (TPSA) is 41.6 Å². The van der Waals surface area contributed by atoms with Gasteiger partial charge in [-0.15, -0.1) is 11.6 Å². The van der Waals surface area contributed by atoms with E-state index in [1.807, 2.05) is 6.07 Å². The van der Waals surface area contributed by atoms with Crippen molar-refractivity contribution in [3.63, 3.8) is 0 Å². The molecule has 4 heteroatoms. The van der Waals surface area contributed by atoms with Crippen molar-refractivity contribution >= 4 is 11.6 Å². The maximum atomic E-state index is 5.77. The molecule has 0 aliphatic rings. The first kappa shape index (κ1) is 14.1. The molecule has 0 bridgehead atoms. The largest absolute Gasteiger partial charge is 0.263 e. The van der Waals surface area contributed by atoms with Crippen molar-refractivity contribution in [3.8, 4) is 0 Å². The van der Waals surface area contributed by atoms with Gasteiger partial charge in [0.05, 0.1) is 0 Å². The minimum atomic E-state index is 0.265. The van der Waals surface area contributed by atoms with Gasteiger partial charge in [0.1, 0.15) is 5.82 Å². The molecule has 1 N–H and O–H groups in total. The smallest absolute Gasteiger partial charge is 0.158 e. The van der Waals surface area contributed by atoms with Gasteiger partial charge in [-0.3, -0.25) is 5.10 Å². The molecule has 3 nitrogen and oxygen atoms in total. The molecular formula is C15H20ClN3. The van der Waals surface area contributed by atoms with E-state index in [9.17, 15) is 0 Å². The molecule has 0 aliphatic carbocycles. The molecule has 19 heavy (non-hydrogen) atoms. The lowest BCUT2D eigenvalue weighted by Crippen LogP contribution is -2.04. The fourth-order valence-corrected chi connectivity index (χ4v) is 2.39. The first-order valence-corrected chi connectivity index (χ1v) is 7.40. The molecule has 0 saturated heterocycles. The van der Waals surface area contributed by atoms with Crippen LogP contribution in [0.5, 0.6) is 0 Å². The minimum Gasteiger partial charge on any atom is -0.263 e. The zero-order valence-electron chi connectivity index (χ0n) is 11.3. The number of aromatic nitrogens is 3. The second kappa shape index (κ2) is 7.29. The Bertz CT molecular complexity index is 481. The Kier molecular flexibility index (Phi) is 5.40. The molecule has 2 rings (SSSR count). The number of aryl methyl sites for hydroxylation is 1. The lowest BCUT2D eigenvalue weighted by molar-refractivity contribution is 0.625. The van der Waals surface area contributed by atoms with Crippen LogP contribution in [0.4, 0.5) is 0 Å². The van der Waals surface area contributed by atoms with Crippen LogP contribution in [-0.2, 0) is 6.42 Å². The van der Waals surface area contributed by atoms with Gasteiger partial charge in [0.15, 0.2) is 5.82 Å². The highest BCUT2D eigenvalue weighted by Crippen LogP contribution is 2.27. The lowest BCUT2D eigenvalue weighted by Gasteiger charge is -2.13. The molecule has 0 aliphatic heterocycles. The predicted molar refractivity (Wildman–Crippen MR) is 78.6 cm³/mol. The van der Waals surface area contributed by atoms with Crippen LogP contribution in [0.1, 0.15) is 49.3 Å². The third kappa shape index (κ3) is 3.80. The van der Waals surface area contributed by atoms with E-state index in [1.165, 1.54) is 5.56 Å². The van der Waals surface area contributed by atoms with E-state index in [0.29, 0.717) is 0 Å². The van der Waals surface area contributed by atoms with Crippen LogP contribution < -0.4 is 0 Å². The quantitative estimate of drug-likeness (QED) is 0.616. The summed E-state index contributed by atoms with van der Waals surface area (Å²) in [6.07, 6.45) is 4.06. The molecule has 2 aromatic rings. The molecule has 0 fully saturated rings. The number of halogens is 1. The van der Waals surface area contributed by atoms with Gasteiger partial charge in [0, 0.05) is 18.2 Å². The van der Waals surface area contributed by atoms with Gasteiger partial charge in [-0.1, -0.05) is 43.7 Å². The molecule has 0 spiro atoms. The summed E-state index contributed by atoms with van der Waals surface area (Å²) in [7, 11) is 0. The maximum absolute atomic E-state index is 5.77. The van der Waals surface area contributed by atoms with Gasteiger partial charge < -0.3 is 0 Å². The van der Waals surface area contributed by atoms with Crippen molar-refractivity contribution in [2.75, 3.05) is 5.88 Å². The van der Waals surface area contributed by atoms with Crippen molar-refractivity contribution in [2.24, 2.45) is 0 Å². The molecule has 0 saturated carbocycles. The highest BCUT2D eigenvalue weighted by Gasteiger charge is 2.18. The van der Waals surface area contributed by atoms with E-state index in [-0.39, 0.29) is 5.92 Å². The molecule has 0 radical (unpaired) electrons. The van der Waals surface area contributed by atoms with Gasteiger partial charge in [-0.25, -0.2) is 4.98 Å². The summed E-state index contributed by atoms with van der Waals surface area (Å²) in [5.41, 5.74) is 1.28. The monoisotopic (exact) mass is 277 g/mol. The molecule has 1 heterocycles. The van der Waals surface area contributed by atoms with Crippen molar-refractivity contribution in [3.05, 3.63) is 47.5 Å². The number of aromatic amines is 1. The highest BCUT2D eigenvalue weighted by atomic mass is 35.5. The van der Waals surface area contributed by atoms with Crippen LogP contribution in [0.2, 0.25) is 0 Å². The molecule has 1 aromatic heterocycles. The van der Waals surface area contributed by atoms with Crippen molar-refractivity contribution in [2.45, 2.75) is 38.5 Å². The van der Waals surface area contributed by atoms with Gasteiger partial charge in [-0.05, 0) is 18.4 Å². The number of hydrogen-bond acceptors (Lipinski definition) is 2. The number of alkyl halides is 1. The van der Waals surface area contributed by atoms with Gasteiger partial charge in [-0.2, -0.15) is 5.10 Å². The fraction of sp³-hybridized carbons (Fsp3) is 0.467. The number of unbranched alkanes of at least 4 members (excludes halogenated alkanes) is 1. The molecule has 1 unspecified atom stereocenters. The number of nitrogens with one attached hydrogen (secondary N) is 1. The summed E-state index contributed by atoms with van der Waals surface area (Å²) in [5.74, 6) is 2.84. The SMILES string of the molecule is CCc1nc(C(CCCCCl)c2ccccc2)n[nH]1. The summed E-state index contributed by atoms with van der Waals surface area (Å²) < 4.78 is 0. The van der Waals surface area contributed by atoms with Gasteiger partial charge >= 0.3 is 0 Å². The van der Waals surface area contributed by atoms with Gasteiger partial charge in [0.2, 0.25) is 0 Å².